The Hall–Kier alpha value is -3.57. The summed E-state index contributed by atoms with van der Waals surface area (Å²) < 4.78 is 44.2. The number of halogens is 3. The summed E-state index contributed by atoms with van der Waals surface area (Å²) in [5, 5.41) is 8.59. The van der Waals surface area contributed by atoms with Gasteiger partial charge in [0.05, 0.1) is 5.69 Å². The molecule has 0 spiro atoms. The van der Waals surface area contributed by atoms with E-state index in [9.17, 15) is 22.8 Å². The maximum absolute atomic E-state index is 13.2. The first-order valence-corrected chi connectivity index (χ1v) is 9.94. The zero-order valence-electron chi connectivity index (χ0n) is 17.5. The maximum atomic E-state index is 13.2. The normalized spacial score (nSPS) is 21.9. The Kier molecular flexibility index (Phi) is 5.53. The number of nitrogens with zero attached hydrogens (tertiary/aromatic N) is 3. The Morgan fingerprint density at radius 1 is 1.19 bits per heavy atom. The highest BCUT2D eigenvalue weighted by Gasteiger charge is 2.33. The lowest BCUT2D eigenvalue weighted by Gasteiger charge is -2.37. The number of hydrogen-bond acceptors (Lipinski definition) is 7. The number of fused-ring (bicyclic) bond motifs is 1. The summed E-state index contributed by atoms with van der Waals surface area (Å²) in [6, 6.07) is 0.587. The molecule has 1 atom stereocenters. The molecule has 2 aliphatic rings. The third kappa shape index (κ3) is 4.12. The number of anilines is 3. The van der Waals surface area contributed by atoms with Crippen molar-refractivity contribution < 1.29 is 27.5 Å². The molecule has 0 saturated heterocycles. The third-order valence-electron chi connectivity index (χ3n) is 5.57. The molecule has 2 amide bonds. The van der Waals surface area contributed by atoms with Gasteiger partial charge in [0.1, 0.15) is 17.5 Å². The van der Waals surface area contributed by atoms with Crippen molar-refractivity contribution in [3.05, 3.63) is 35.3 Å². The molecule has 0 radical (unpaired) electrons. The topological polar surface area (TPSA) is 108 Å². The summed E-state index contributed by atoms with van der Waals surface area (Å²) in [6.07, 6.45) is 0.194. The predicted octanol–water partition coefficient (Wildman–Crippen LogP) is 2.71. The van der Waals surface area contributed by atoms with Gasteiger partial charge in [-0.1, -0.05) is 0 Å². The van der Waals surface area contributed by atoms with Crippen molar-refractivity contribution in [3.8, 4) is 5.75 Å². The van der Waals surface area contributed by atoms with Crippen LogP contribution in [-0.4, -0.2) is 47.1 Å². The van der Waals surface area contributed by atoms with Crippen molar-refractivity contribution in [2.75, 3.05) is 22.6 Å². The van der Waals surface area contributed by atoms with Crippen molar-refractivity contribution in [1.82, 2.24) is 15.3 Å². The number of carbonyl (C=O) groups excluding carboxylic acids is 2. The predicted molar refractivity (Wildman–Crippen MR) is 109 cm³/mol. The molecule has 0 bridgehead atoms. The van der Waals surface area contributed by atoms with E-state index in [4.69, 9.17) is 4.74 Å². The molecule has 1 aromatic heterocycles. The van der Waals surface area contributed by atoms with E-state index in [1.54, 1.807) is 25.8 Å². The Labute approximate surface area is 181 Å². The summed E-state index contributed by atoms with van der Waals surface area (Å²) in [5.41, 5.74) is 1.20. The molecule has 32 heavy (non-hydrogen) atoms. The SMILES string of the molecule is Cc1nc(N[C@H]2C[C@H](NC(=O)Oc3cc(F)c(F)c(F)c3)C2)nc2c1NC(=O)[C@H](C)N2C. The van der Waals surface area contributed by atoms with Crippen LogP contribution in [0.1, 0.15) is 25.5 Å². The van der Waals surface area contributed by atoms with Crippen molar-refractivity contribution in [2.24, 2.45) is 0 Å². The first kappa shape index (κ1) is 21.7. The number of likely N-dealkylation sites (N-methyl/N-ethyl adjacent to an activating group) is 1. The lowest BCUT2D eigenvalue weighted by molar-refractivity contribution is -0.117. The standard InChI is InChI=1S/C20H21F3N6O3/c1-8-16-17(29(3)9(2)18(30)27-16)28-19(24-8)25-10-4-11(5-10)26-20(31)32-12-6-13(21)15(23)14(22)7-12/h6-7,9-11H,4-5H2,1-3H3,(H,26,31)(H,27,30)(H,24,25,28)/t9-,10-,11-/m0/s1. The Bertz CT molecular complexity index is 1070. The van der Waals surface area contributed by atoms with Gasteiger partial charge in [-0.2, -0.15) is 4.98 Å². The average molecular weight is 450 g/mol. The number of benzene rings is 1. The molecule has 2 aromatic rings. The summed E-state index contributed by atoms with van der Waals surface area (Å²) in [6.45, 7) is 3.55. The molecule has 0 unspecified atom stereocenters. The molecule has 1 aromatic carbocycles. The highest BCUT2D eigenvalue weighted by molar-refractivity contribution is 6.03. The monoisotopic (exact) mass is 450 g/mol. The number of ether oxygens (including phenoxy) is 1. The number of carbonyl (C=O) groups is 2. The zero-order valence-corrected chi connectivity index (χ0v) is 17.5. The minimum absolute atomic E-state index is 0.0145. The van der Waals surface area contributed by atoms with Crippen molar-refractivity contribution >= 4 is 29.5 Å². The van der Waals surface area contributed by atoms with E-state index in [0.29, 0.717) is 48.1 Å². The quantitative estimate of drug-likeness (QED) is 0.615. The molecule has 170 valence electrons. The van der Waals surface area contributed by atoms with E-state index in [1.807, 2.05) is 0 Å². The van der Waals surface area contributed by atoms with Gasteiger partial charge in [0.15, 0.2) is 23.3 Å². The van der Waals surface area contributed by atoms with Crippen LogP contribution in [0.4, 0.5) is 35.4 Å². The lowest BCUT2D eigenvalue weighted by Crippen LogP contribution is -2.50. The van der Waals surface area contributed by atoms with Gasteiger partial charge in [0.2, 0.25) is 11.9 Å². The molecule has 3 N–H and O–H groups in total. The molecule has 12 heteroatoms. The van der Waals surface area contributed by atoms with Crippen LogP contribution >= 0.6 is 0 Å². The van der Waals surface area contributed by atoms with Crippen LogP contribution < -0.4 is 25.6 Å². The van der Waals surface area contributed by atoms with E-state index in [0.717, 1.165) is 0 Å². The van der Waals surface area contributed by atoms with Crippen LogP contribution in [0.2, 0.25) is 0 Å². The smallest absolute Gasteiger partial charge is 0.410 e. The van der Waals surface area contributed by atoms with E-state index in [-0.39, 0.29) is 24.0 Å². The van der Waals surface area contributed by atoms with Crippen molar-refractivity contribution in [3.63, 3.8) is 0 Å². The second kappa shape index (κ2) is 8.17. The molecule has 2 heterocycles. The largest absolute Gasteiger partial charge is 0.412 e. The van der Waals surface area contributed by atoms with Crippen LogP contribution in [0.25, 0.3) is 0 Å². The van der Waals surface area contributed by atoms with Gasteiger partial charge in [-0.3, -0.25) is 4.79 Å². The fourth-order valence-corrected chi connectivity index (χ4v) is 3.54. The van der Waals surface area contributed by atoms with Gasteiger partial charge in [-0.25, -0.2) is 22.9 Å². The van der Waals surface area contributed by atoms with Gasteiger partial charge >= 0.3 is 6.09 Å². The molecule has 9 nitrogen and oxygen atoms in total. The second-order valence-electron chi connectivity index (χ2n) is 7.85. The van der Waals surface area contributed by atoms with E-state index in [2.05, 4.69) is 25.9 Å². The summed E-state index contributed by atoms with van der Waals surface area (Å²) in [5.74, 6) is -4.06. The number of aryl methyl sites for hydroxylation is 1. The summed E-state index contributed by atoms with van der Waals surface area (Å²) >= 11 is 0. The molecule has 1 aliphatic carbocycles. The molecule has 1 fully saturated rings. The molecular formula is C20H21F3N6O3. The van der Waals surface area contributed by atoms with Crippen LogP contribution in [-0.2, 0) is 4.79 Å². The van der Waals surface area contributed by atoms with Gasteiger partial charge in [-0.05, 0) is 26.7 Å². The lowest BCUT2D eigenvalue weighted by atomic mass is 9.87. The number of amides is 2. The van der Waals surface area contributed by atoms with E-state index >= 15 is 0 Å². The number of hydrogen-bond donors (Lipinski definition) is 3. The van der Waals surface area contributed by atoms with E-state index in [1.165, 1.54) is 0 Å². The molecule has 1 aliphatic heterocycles. The Balaban J connectivity index is 1.32. The van der Waals surface area contributed by atoms with E-state index < -0.39 is 29.3 Å². The van der Waals surface area contributed by atoms with Crippen molar-refractivity contribution in [1.29, 1.82) is 0 Å². The van der Waals surface area contributed by atoms with Crippen LogP contribution in [0.5, 0.6) is 5.75 Å². The van der Waals surface area contributed by atoms with Crippen molar-refractivity contribution in [2.45, 2.75) is 44.8 Å². The minimum atomic E-state index is -1.63. The fourth-order valence-electron chi connectivity index (χ4n) is 3.54. The highest BCUT2D eigenvalue weighted by atomic mass is 19.2. The minimum Gasteiger partial charge on any atom is -0.410 e. The van der Waals surface area contributed by atoms with Gasteiger partial charge in [0.25, 0.3) is 0 Å². The number of rotatable bonds is 4. The summed E-state index contributed by atoms with van der Waals surface area (Å²) in [4.78, 5) is 34.6. The van der Waals surface area contributed by atoms with Gasteiger partial charge in [-0.15, -0.1) is 0 Å². The second-order valence-corrected chi connectivity index (χ2v) is 7.85. The van der Waals surface area contributed by atoms with Gasteiger partial charge in [0, 0.05) is 31.3 Å². The molecular weight excluding hydrogens is 429 g/mol. The fraction of sp³-hybridized carbons (Fsp3) is 0.400. The average Bonchev–Trinajstić information content (AvgIpc) is 2.69. The van der Waals surface area contributed by atoms with Gasteiger partial charge < -0.3 is 25.6 Å². The third-order valence-corrected chi connectivity index (χ3v) is 5.57. The number of aromatic nitrogens is 2. The zero-order chi connectivity index (χ0) is 23.2. The molecule has 4 rings (SSSR count). The first-order chi connectivity index (χ1) is 15.1. The number of nitrogens with one attached hydrogen (secondary N) is 3. The first-order valence-electron chi connectivity index (χ1n) is 9.94. The van der Waals surface area contributed by atoms with Crippen LogP contribution in [0, 0.1) is 24.4 Å². The highest BCUT2D eigenvalue weighted by Crippen LogP contribution is 2.33. The van der Waals surface area contributed by atoms with Crippen LogP contribution in [0.15, 0.2) is 12.1 Å². The summed E-state index contributed by atoms with van der Waals surface area (Å²) in [7, 11) is 1.78. The maximum Gasteiger partial charge on any atom is 0.412 e. The van der Waals surface area contributed by atoms with Crippen LogP contribution in [0.3, 0.4) is 0 Å². The molecule has 1 saturated carbocycles. The Morgan fingerprint density at radius 3 is 2.50 bits per heavy atom. The Morgan fingerprint density at radius 2 is 1.84 bits per heavy atom.